The lowest BCUT2D eigenvalue weighted by Crippen LogP contribution is -2.32. The molecule has 0 saturated heterocycles. The van der Waals surface area contributed by atoms with Crippen molar-refractivity contribution in [1.82, 2.24) is 9.78 Å². The first-order chi connectivity index (χ1) is 12.1. The van der Waals surface area contributed by atoms with E-state index in [1.54, 1.807) is 6.07 Å². The minimum absolute atomic E-state index is 0.0948. The van der Waals surface area contributed by atoms with Gasteiger partial charge in [-0.3, -0.25) is 4.79 Å². The number of nitrogens with zero attached hydrogens (tertiary/aromatic N) is 2. The third-order valence-electron chi connectivity index (χ3n) is 4.21. The maximum absolute atomic E-state index is 12.5. The Morgan fingerprint density at radius 1 is 1.12 bits per heavy atom. The Bertz CT molecular complexity index is 916. The Morgan fingerprint density at radius 2 is 1.80 bits per heavy atom. The van der Waals surface area contributed by atoms with Crippen molar-refractivity contribution >= 4 is 10.8 Å². The highest BCUT2D eigenvalue weighted by atomic mass is 16.5. The summed E-state index contributed by atoms with van der Waals surface area (Å²) in [6.07, 6.45) is 0.148. The molecular formula is C20H22N2O3. The normalized spacial score (nSPS) is 12.3. The molecule has 0 saturated carbocycles. The van der Waals surface area contributed by atoms with Crippen LogP contribution in [0.3, 0.4) is 0 Å². The summed E-state index contributed by atoms with van der Waals surface area (Å²) in [6.45, 7) is 4.15. The van der Waals surface area contributed by atoms with Gasteiger partial charge in [-0.25, -0.2) is 4.68 Å². The van der Waals surface area contributed by atoms with E-state index in [-0.39, 0.29) is 18.7 Å². The maximum atomic E-state index is 12.5. The van der Waals surface area contributed by atoms with Crippen LogP contribution in [-0.2, 0) is 13.0 Å². The van der Waals surface area contributed by atoms with Gasteiger partial charge in [0.05, 0.1) is 17.6 Å². The van der Waals surface area contributed by atoms with Crippen molar-refractivity contribution in [2.24, 2.45) is 0 Å². The number of aryl methyl sites for hydroxylation is 2. The van der Waals surface area contributed by atoms with Gasteiger partial charge in [0.2, 0.25) is 0 Å². The zero-order chi connectivity index (χ0) is 17.8. The Balaban J connectivity index is 1.70. The number of aliphatic hydroxyl groups is 1. The zero-order valence-electron chi connectivity index (χ0n) is 14.5. The molecule has 0 unspecified atom stereocenters. The summed E-state index contributed by atoms with van der Waals surface area (Å²) in [5.41, 5.74) is 1.79. The van der Waals surface area contributed by atoms with Gasteiger partial charge in [-0.15, -0.1) is 0 Å². The van der Waals surface area contributed by atoms with Gasteiger partial charge in [0.15, 0.2) is 0 Å². The molecule has 0 radical (unpaired) electrons. The largest absolute Gasteiger partial charge is 0.491 e. The summed E-state index contributed by atoms with van der Waals surface area (Å²) in [7, 11) is 0. The fraction of sp³-hybridized carbons (Fsp3) is 0.300. The quantitative estimate of drug-likeness (QED) is 0.750. The van der Waals surface area contributed by atoms with E-state index in [9.17, 15) is 9.90 Å². The van der Waals surface area contributed by atoms with Crippen LogP contribution in [0.25, 0.3) is 10.8 Å². The molecule has 1 heterocycles. The van der Waals surface area contributed by atoms with Gasteiger partial charge in [0.25, 0.3) is 5.56 Å². The third kappa shape index (κ3) is 3.88. The number of aliphatic hydroxyl groups excluding tert-OH is 1. The van der Waals surface area contributed by atoms with E-state index < -0.39 is 6.10 Å². The smallest absolute Gasteiger partial charge is 0.274 e. The second kappa shape index (κ2) is 7.49. The van der Waals surface area contributed by atoms with Gasteiger partial charge in [-0.2, -0.15) is 5.10 Å². The monoisotopic (exact) mass is 338 g/mol. The van der Waals surface area contributed by atoms with Crippen molar-refractivity contribution in [2.75, 3.05) is 6.61 Å². The summed E-state index contributed by atoms with van der Waals surface area (Å²) < 4.78 is 6.92. The maximum Gasteiger partial charge on any atom is 0.274 e. The lowest BCUT2D eigenvalue weighted by Gasteiger charge is -2.14. The fourth-order valence-electron chi connectivity index (χ4n) is 2.79. The first-order valence-corrected chi connectivity index (χ1v) is 8.44. The molecule has 2 aromatic carbocycles. The van der Waals surface area contributed by atoms with Crippen LogP contribution in [0, 0.1) is 6.92 Å². The summed E-state index contributed by atoms with van der Waals surface area (Å²) >= 11 is 0. The summed E-state index contributed by atoms with van der Waals surface area (Å²) in [6, 6.07) is 15.1. The number of fused-ring (bicyclic) bond motifs is 1. The first kappa shape index (κ1) is 17.2. The molecule has 0 aliphatic carbocycles. The van der Waals surface area contributed by atoms with Crippen LogP contribution in [0.1, 0.15) is 18.2 Å². The fourth-order valence-corrected chi connectivity index (χ4v) is 2.79. The van der Waals surface area contributed by atoms with Gasteiger partial charge >= 0.3 is 0 Å². The minimum Gasteiger partial charge on any atom is -0.491 e. The van der Waals surface area contributed by atoms with E-state index in [2.05, 4.69) is 12.0 Å². The van der Waals surface area contributed by atoms with Gasteiger partial charge in [0, 0.05) is 5.39 Å². The summed E-state index contributed by atoms with van der Waals surface area (Å²) in [5, 5.41) is 16.0. The number of hydrogen-bond acceptors (Lipinski definition) is 4. The second-order valence-corrected chi connectivity index (χ2v) is 6.08. The number of aromatic nitrogens is 2. The van der Waals surface area contributed by atoms with Crippen LogP contribution in [-0.4, -0.2) is 27.6 Å². The van der Waals surface area contributed by atoms with E-state index >= 15 is 0 Å². The molecule has 5 heteroatoms. The van der Waals surface area contributed by atoms with Crippen molar-refractivity contribution in [1.29, 1.82) is 0 Å². The number of hydrogen-bond donors (Lipinski definition) is 1. The van der Waals surface area contributed by atoms with Crippen molar-refractivity contribution in [3.63, 3.8) is 0 Å². The van der Waals surface area contributed by atoms with E-state index in [4.69, 9.17) is 4.74 Å². The molecule has 1 N–H and O–H groups in total. The molecule has 3 rings (SSSR count). The van der Waals surface area contributed by atoms with E-state index in [1.807, 2.05) is 49.4 Å². The lowest BCUT2D eigenvalue weighted by atomic mass is 10.1. The van der Waals surface area contributed by atoms with Gasteiger partial charge in [-0.1, -0.05) is 37.3 Å². The van der Waals surface area contributed by atoms with Crippen molar-refractivity contribution in [3.8, 4) is 5.75 Å². The SMILES string of the molecule is CCc1ccc(OC[C@@H](O)Cn2nc(C)c3ccccc3c2=O)cc1. The van der Waals surface area contributed by atoms with Crippen LogP contribution in [0.5, 0.6) is 5.75 Å². The van der Waals surface area contributed by atoms with Gasteiger partial charge in [0.1, 0.15) is 18.5 Å². The standard InChI is InChI=1S/C20H22N2O3/c1-3-15-8-10-17(11-9-15)25-13-16(23)12-22-20(24)19-7-5-4-6-18(19)14(2)21-22/h4-11,16,23H,3,12-13H2,1-2H3/t16-/m0/s1. The molecule has 25 heavy (non-hydrogen) atoms. The second-order valence-electron chi connectivity index (χ2n) is 6.08. The molecule has 130 valence electrons. The molecule has 0 fully saturated rings. The van der Waals surface area contributed by atoms with Crippen molar-refractivity contribution < 1.29 is 9.84 Å². The Morgan fingerprint density at radius 3 is 2.48 bits per heavy atom. The van der Waals surface area contributed by atoms with E-state index in [0.717, 1.165) is 17.5 Å². The van der Waals surface area contributed by atoms with Crippen LogP contribution < -0.4 is 10.3 Å². The minimum atomic E-state index is -0.823. The number of rotatable bonds is 6. The molecule has 0 spiro atoms. The van der Waals surface area contributed by atoms with Crippen LogP contribution >= 0.6 is 0 Å². The Kier molecular flexibility index (Phi) is 5.14. The molecule has 0 amide bonds. The highest BCUT2D eigenvalue weighted by Crippen LogP contribution is 2.14. The molecular weight excluding hydrogens is 316 g/mol. The van der Waals surface area contributed by atoms with Gasteiger partial charge < -0.3 is 9.84 Å². The summed E-state index contributed by atoms with van der Waals surface area (Å²) in [4.78, 5) is 12.5. The molecule has 0 bridgehead atoms. The van der Waals surface area contributed by atoms with E-state index in [0.29, 0.717) is 11.1 Å². The van der Waals surface area contributed by atoms with Crippen molar-refractivity contribution in [2.45, 2.75) is 32.9 Å². The molecule has 1 aromatic heterocycles. The predicted octanol–water partition coefficient (Wildman–Crippen LogP) is 2.71. The Labute approximate surface area is 146 Å². The average molecular weight is 338 g/mol. The predicted molar refractivity (Wildman–Crippen MR) is 98.1 cm³/mol. The number of ether oxygens (including phenoxy) is 1. The topological polar surface area (TPSA) is 64.3 Å². The molecule has 3 aromatic rings. The van der Waals surface area contributed by atoms with Crippen LogP contribution in [0.4, 0.5) is 0 Å². The van der Waals surface area contributed by atoms with Crippen LogP contribution in [0.15, 0.2) is 53.3 Å². The van der Waals surface area contributed by atoms with Crippen molar-refractivity contribution in [3.05, 3.63) is 70.1 Å². The number of benzene rings is 2. The lowest BCUT2D eigenvalue weighted by molar-refractivity contribution is 0.0880. The molecule has 0 aliphatic rings. The molecule has 1 atom stereocenters. The zero-order valence-corrected chi connectivity index (χ0v) is 14.5. The third-order valence-corrected chi connectivity index (χ3v) is 4.21. The van der Waals surface area contributed by atoms with E-state index in [1.165, 1.54) is 10.2 Å². The van der Waals surface area contributed by atoms with Gasteiger partial charge in [-0.05, 0) is 37.1 Å². The molecule has 5 nitrogen and oxygen atoms in total. The van der Waals surface area contributed by atoms with Crippen LogP contribution in [0.2, 0.25) is 0 Å². The first-order valence-electron chi connectivity index (χ1n) is 8.44. The summed E-state index contributed by atoms with van der Waals surface area (Å²) in [5.74, 6) is 0.700. The average Bonchev–Trinajstić information content (AvgIpc) is 2.64. The highest BCUT2D eigenvalue weighted by Gasteiger charge is 2.12. The molecule has 0 aliphatic heterocycles. The highest BCUT2D eigenvalue weighted by molar-refractivity contribution is 5.83. The Hall–Kier alpha value is -2.66.